The predicted molar refractivity (Wildman–Crippen MR) is 107 cm³/mol. The number of benzene rings is 2. The van der Waals surface area contributed by atoms with Crippen LogP contribution in [-0.2, 0) is 0 Å². The summed E-state index contributed by atoms with van der Waals surface area (Å²) in [5.41, 5.74) is 1.11. The minimum atomic E-state index is -0.328. The number of anilines is 1. The van der Waals surface area contributed by atoms with E-state index in [1.165, 1.54) is 0 Å². The highest BCUT2D eigenvalue weighted by Gasteiger charge is 2.17. The van der Waals surface area contributed by atoms with Crippen molar-refractivity contribution in [3.8, 4) is 17.4 Å². The third-order valence-corrected chi connectivity index (χ3v) is 4.76. The number of aromatic nitrogens is 2. The average Bonchev–Trinajstić information content (AvgIpc) is 3.35. The number of carbonyl (C=O) groups is 1. The first-order chi connectivity index (χ1) is 13.7. The SMILES string of the molecule is CCOc1cccc2cc(-c3nnc(NC(=O)c4ccc(SC)cc4)o3)oc12. The average molecular weight is 395 g/mol. The number of hydrogen-bond donors (Lipinski definition) is 1. The molecule has 0 spiro atoms. The van der Waals surface area contributed by atoms with Crippen LogP contribution in [0.1, 0.15) is 17.3 Å². The fraction of sp³-hybridized carbons (Fsp3) is 0.150. The molecule has 0 saturated carbocycles. The van der Waals surface area contributed by atoms with E-state index in [4.69, 9.17) is 13.6 Å². The van der Waals surface area contributed by atoms with Crippen molar-refractivity contribution >= 4 is 34.7 Å². The molecule has 1 amide bonds. The Bertz CT molecular complexity index is 1120. The molecule has 0 unspecified atom stereocenters. The van der Waals surface area contributed by atoms with E-state index in [1.807, 2.05) is 43.5 Å². The smallest absolute Gasteiger partial charge is 0.322 e. The van der Waals surface area contributed by atoms with Gasteiger partial charge in [0, 0.05) is 15.8 Å². The van der Waals surface area contributed by atoms with Gasteiger partial charge in [-0.3, -0.25) is 10.1 Å². The number of furan rings is 1. The van der Waals surface area contributed by atoms with Crippen LogP contribution in [0.15, 0.2) is 62.3 Å². The van der Waals surface area contributed by atoms with Crippen molar-refractivity contribution in [3.05, 3.63) is 54.1 Å². The van der Waals surface area contributed by atoms with E-state index in [0.29, 0.717) is 29.3 Å². The summed E-state index contributed by atoms with van der Waals surface area (Å²) in [6.45, 7) is 2.44. The predicted octanol–water partition coefficient (Wildman–Crippen LogP) is 4.86. The van der Waals surface area contributed by atoms with Gasteiger partial charge in [-0.25, -0.2) is 0 Å². The molecule has 0 saturated heterocycles. The van der Waals surface area contributed by atoms with E-state index in [9.17, 15) is 4.79 Å². The summed E-state index contributed by atoms with van der Waals surface area (Å²) in [4.78, 5) is 13.4. The first-order valence-electron chi connectivity index (χ1n) is 8.62. The number of ether oxygens (including phenoxy) is 1. The summed E-state index contributed by atoms with van der Waals surface area (Å²) in [5, 5.41) is 11.3. The summed E-state index contributed by atoms with van der Waals surface area (Å²) in [6, 6.07) is 14.7. The largest absolute Gasteiger partial charge is 0.490 e. The third-order valence-electron chi connectivity index (χ3n) is 4.02. The fourth-order valence-electron chi connectivity index (χ4n) is 2.70. The molecule has 0 aliphatic heterocycles. The van der Waals surface area contributed by atoms with Crippen LogP contribution in [0.5, 0.6) is 5.75 Å². The van der Waals surface area contributed by atoms with Crippen molar-refractivity contribution in [2.75, 3.05) is 18.2 Å². The summed E-state index contributed by atoms with van der Waals surface area (Å²) >= 11 is 1.61. The van der Waals surface area contributed by atoms with Crippen molar-refractivity contribution in [2.24, 2.45) is 0 Å². The van der Waals surface area contributed by atoms with E-state index in [0.717, 1.165) is 10.3 Å². The van der Waals surface area contributed by atoms with Crippen molar-refractivity contribution in [3.63, 3.8) is 0 Å². The molecule has 0 atom stereocenters. The fourth-order valence-corrected chi connectivity index (χ4v) is 3.10. The van der Waals surface area contributed by atoms with Crippen LogP contribution < -0.4 is 10.1 Å². The number of rotatable bonds is 6. The number of fused-ring (bicyclic) bond motifs is 1. The maximum Gasteiger partial charge on any atom is 0.322 e. The van der Waals surface area contributed by atoms with Gasteiger partial charge >= 0.3 is 6.01 Å². The Labute approximate surface area is 165 Å². The van der Waals surface area contributed by atoms with E-state index >= 15 is 0 Å². The Kier molecular flexibility index (Phi) is 5.03. The molecular weight excluding hydrogens is 378 g/mol. The quantitative estimate of drug-likeness (QED) is 0.466. The van der Waals surface area contributed by atoms with Crippen molar-refractivity contribution < 1.29 is 18.4 Å². The molecule has 4 rings (SSSR count). The monoisotopic (exact) mass is 395 g/mol. The van der Waals surface area contributed by atoms with Gasteiger partial charge in [0.15, 0.2) is 17.1 Å². The molecule has 0 bridgehead atoms. The zero-order valence-corrected chi connectivity index (χ0v) is 16.1. The zero-order valence-electron chi connectivity index (χ0n) is 15.3. The van der Waals surface area contributed by atoms with Crippen LogP contribution in [0.3, 0.4) is 0 Å². The second-order valence-electron chi connectivity index (χ2n) is 5.81. The molecule has 0 fully saturated rings. The highest BCUT2D eigenvalue weighted by atomic mass is 32.2. The molecule has 8 heteroatoms. The number of para-hydroxylation sites is 1. The van der Waals surface area contributed by atoms with Gasteiger partial charge in [0.2, 0.25) is 0 Å². The Hall–Kier alpha value is -3.26. The number of carbonyl (C=O) groups excluding carboxylic acids is 1. The zero-order chi connectivity index (χ0) is 19.5. The van der Waals surface area contributed by atoms with Crippen molar-refractivity contribution in [2.45, 2.75) is 11.8 Å². The molecule has 4 aromatic rings. The lowest BCUT2D eigenvalue weighted by Crippen LogP contribution is -2.11. The highest BCUT2D eigenvalue weighted by Crippen LogP contribution is 2.33. The topological polar surface area (TPSA) is 90.4 Å². The molecule has 2 aromatic carbocycles. The summed E-state index contributed by atoms with van der Waals surface area (Å²) in [6.07, 6.45) is 1.98. The van der Waals surface area contributed by atoms with Gasteiger partial charge in [0.1, 0.15) is 0 Å². The number of thioether (sulfide) groups is 1. The van der Waals surface area contributed by atoms with Crippen LogP contribution in [0.2, 0.25) is 0 Å². The minimum absolute atomic E-state index is 0.000527. The third kappa shape index (κ3) is 3.59. The first-order valence-corrected chi connectivity index (χ1v) is 9.85. The summed E-state index contributed by atoms with van der Waals surface area (Å²) in [7, 11) is 0. The second kappa shape index (κ2) is 7.77. The lowest BCUT2D eigenvalue weighted by Gasteiger charge is -2.02. The van der Waals surface area contributed by atoms with Crippen LogP contribution in [0.25, 0.3) is 22.6 Å². The molecule has 142 valence electrons. The number of nitrogens with zero attached hydrogens (tertiary/aromatic N) is 2. The van der Waals surface area contributed by atoms with Gasteiger partial charge in [-0.15, -0.1) is 16.9 Å². The molecule has 0 aliphatic carbocycles. The Morgan fingerprint density at radius 3 is 2.71 bits per heavy atom. The van der Waals surface area contributed by atoms with Crippen molar-refractivity contribution in [1.82, 2.24) is 10.2 Å². The molecule has 7 nitrogen and oxygen atoms in total. The van der Waals surface area contributed by atoms with E-state index in [2.05, 4.69) is 15.5 Å². The summed E-state index contributed by atoms with van der Waals surface area (Å²) < 4.78 is 16.9. The van der Waals surface area contributed by atoms with Gasteiger partial charge in [-0.05, 0) is 49.6 Å². The molecule has 0 radical (unpaired) electrons. The lowest BCUT2D eigenvalue weighted by atomic mass is 10.2. The standard InChI is InChI=1S/C20H17N3O4S/c1-3-25-15-6-4-5-13-11-16(26-17(13)15)19-22-23-20(27-19)21-18(24)12-7-9-14(28-2)10-8-12/h4-11H,3H2,1-2H3,(H,21,23,24). The van der Waals surface area contributed by atoms with E-state index in [1.54, 1.807) is 30.0 Å². The van der Waals surface area contributed by atoms with Crippen LogP contribution in [0, 0.1) is 0 Å². The van der Waals surface area contributed by atoms with Gasteiger partial charge in [-0.1, -0.05) is 17.2 Å². The molecule has 1 N–H and O–H groups in total. The first kappa shape index (κ1) is 18.1. The van der Waals surface area contributed by atoms with Gasteiger partial charge < -0.3 is 13.6 Å². The summed E-state index contributed by atoms with van der Waals surface area (Å²) in [5.74, 6) is 0.894. The lowest BCUT2D eigenvalue weighted by molar-refractivity contribution is 0.102. The number of nitrogens with one attached hydrogen (secondary N) is 1. The normalized spacial score (nSPS) is 10.9. The van der Waals surface area contributed by atoms with E-state index in [-0.39, 0.29) is 17.8 Å². The van der Waals surface area contributed by atoms with Crippen LogP contribution in [0.4, 0.5) is 6.01 Å². The second-order valence-corrected chi connectivity index (χ2v) is 6.69. The van der Waals surface area contributed by atoms with E-state index < -0.39 is 0 Å². The number of amides is 1. The van der Waals surface area contributed by atoms with Gasteiger partial charge in [-0.2, -0.15) is 0 Å². The Morgan fingerprint density at radius 1 is 1.14 bits per heavy atom. The molecule has 2 aromatic heterocycles. The van der Waals surface area contributed by atoms with Crippen LogP contribution in [-0.4, -0.2) is 29.0 Å². The molecule has 2 heterocycles. The Morgan fingerprint density at radius 2 is 1.96 bits per heavy atom. The molecular formula is C20H17N3O4S. The Balaban J connectivity index is 1.54. The van der Waals surface area contributed by atoms with Crippen molar-refractivity contribution in [1.29, 1.82) is 0 Å². The van der Waals surface area contributed by atoms with Gasteiger partial charge in [0.05, 0.1) is 6.61 Å². The molecule has 0 aliphatic rings. The van der Waals surface area contributed by atoms with Crippen LogP contribution >= 0.6 is 11.8 Å². The maximum absolute atomic E-state index is 12.3. The van der Waals surface area contributed by atoms with Gasteiger partial charge in [0.25, 0.3) is 11.8 Å². The maximum atomic E-state index is 12.3. The molecule has 28 heavy (non-hydrogen) atoms. The minimum Gasteiger partial charge on any atom is -0.490 e. The highest BCUT2D eigenvalue weighted by molar-refractivity contribution is 7.98. The number of hydrogen-bond acceptors (Lipinski definition) is 7.